The van der Waals surface area contributed by atoms with Gasteiger partial charge < -0.3 is 4.74 Å². The van der Waals surface area contributed by atoms with E-state index in [1.165, 1.54) is 36.7 Å². The number of hydrogen-bond donors (Lipinski definition) is 2. The Balaban J connectivity index is 1.75. The van der Waals surface area contributed by atoms with Crippen LogP contribution in [0.4, 0.5) is 0 Å². The summed E-state index contributed by atoms with van der Waals surface area (Å²) in [6.45, 7) is 1.60. The molecule has 2 N–H and O–H groups in total. The van der Waals surface area contributed by atoms with E-state index in [2.05, 4.69) is 4.98 Å². The van der Waals surface area contributed by atoms with Gasteiger partial charge in [-0.15, -0.1) is 0 Å². The van der Waals surface area contributed by atoms with Gasteiger partial charge in [-0.1, -0.05) is 0 Å². The van der Waals surface area contributed by atoms with Crippen LogP contribution in [0, 0.1) is 0 Å². The summed E-state index contributed by atoms with van der Waals surface area (Å²) in [5.41, 5.74) is 0.477. The van der Waals surface area contributed by atoms with Gasteiger partial charge in [-0.25, -0.2) is 13.9 Å². The summed E-state index contributed by atoms with van der Waals surface area (Å²) < 4.78 is 32.8. The molecule has 0 bridgehead atoms. The molecule has 9 nitrogen and oxygen atoms in total. The number of Topliss-reactive ketones (excluding diaryl/α,β-unsaturated/α-hetero) is 1. The molecule has 1 aromatic carbocycles. The predicted octanol–water partition coefficient (Wildman–Crippen LogP) is 1.32. The molecule has 1 aliphatic rings. The first-order valence-electron chi connectivity index (χ1n) is 9.42. The lowest BCUT2D eigenvalue weighted by molar-refractivity contribution is -0.148. The van der Waals surface area contributed by atoms with Crippen LogP contribution in [0.2, 0.25) is 0 Å². The first kappa shape index (κ1) is 21.9. The van der Waals surface area contributed by atoms with E-state index in [0.29, 0.717) is 25.2 Å². The van der Waals surface area contributed by atoms with Gasteiger partial charge in [-0.05, 0) is 55.3 Å². The molecule has 160 valence electrons. The van der Waals surface area contributed by atoms with Gasteiger partial charge in [-0.2, -0.15) is 4.31 Å². The van der Waals surface area contributed by atoms with E-state index in [1.54, 1.807) is 12.4 Å². The minimum Gasteiger partial charge on any atom is -0.493 e. The number of amides is 1. The highest BCUT2D eigenvalue weighted by Gasteiger charge is 2.53. The van der Waals surface area contributed by atoms with Gasteiger partial charge >= 0.3 is 0 Å². The lowest BCUT2D eigenvalue weighted by Crippen LogP contribution is -2.65. The second-order valence-corrected chi connectivity index (χ2v) is 8.90. The lowest BCUT2D eigenvalue weighted by Gasteiger charge is -2.40. The molecule has 0 aliphatic carbocycles. The number of sulfonamides is 1. The van der Waals surface area contributed by atoms with Crippen molar-refractivity contribution in [2.24, 2.45) is 0 Å². The van der Waals surface area contributed by atoms with Crippen LogP contribution in [0.15, 0.2) is 53.7 Å². The Bertz CT molecular complexity index is 1000. The number of ether oxygens (including phenoxy) is 1. The molecule has 0 unspecified atom stereocenters. The zero-order valence-electron chi connectivity index (χ0n) is 16.4. The van der Waals surface area contributed by atoms with E-state index in [-0.39, 0.29) is 17.9 Å². The van der Waals surface area contributed by atoms with Gasteiger partial charge in [0.15, 0.2) is 11.3 Å². The van der Waals surface area contributed by atoms with E-state index in [1.807, 2.05) is 12.1 Å². The first-order chi connectivity index (χ1) is 14.3. The second kappa shape index (κ2) is 8.90. The highest BCUT2D eigenvalue weighted by Crippen LogP contribution is 2.32. The molecule has 10 heteroatoms. The number of carbonyl (C=O) groups is 2. The number of aromatic nitrogens is 1. The number of ketones is 1. The maximum atomic E-state index is 13.1. The van der Waals surface area contributed by atoms with Crippen molar-refractivity contribution in [3.05, 3.63) is 54.4 Å². The van der Waals surface area contributed by atoms with E-state index in [0.717, 1.165) is 9.87 Å². The number of pyridine rings is 1. The topological polar surface area (TPSA) is 126 Å². The number of piperidine rings is 1. The Morgan fingerprint density at radius 3 is 2.53 bits per heavy atom. The molecule has 3 rings (SSSR count). The first-order valence-corrected chi connectivity index (χ1v) is 10.9. The fourth-order valence-corrected chi connectivity index (χ4v) is 5.14. The quantitative estimate of drug-likeness (QED) is 0.383. The summed E-state index contributed by atoms with van der Waals surface area (Å²) in [7, 11) is -4.16. The zero-order valence-corrected chi connectivity index (χ0v) is 17.3. The molecule has 0 saturated carbocycles. The number of hydroxylamine groups is 1. The minimum atomic E-state index is -4.16. The molecule has 1 aliphatic heterocycles. The third-order valence-electron chi connectivity index (χ3n) is 5.17. The van der Waals surface area contributed by atoms with Crippen LogP contribution in [0.3, 0.4) is 0 Å². The maximum absolute atomic E-state index is 13.1. The molecule has 1 amide bonds. The van der Waals surface area contributed by atoms with Crippen LogP contribution in [-0.2, 0) is 26.0 Å². The lowest BCUT2D eigenvalue weighted by atomic mass is 9.89. The normalized spacial score (nSPS) is 20.0. The summed E-state index contributed by atoms with van der Waals surface area (Å²) in [5, 5.41) is 9.03. The van der Waals surface area contributed by atoms with E-state index >= 15 is 0 Å². The van der Waals surface area contributed by atoms with Crippen molar-refractivity contribution >= 4 is 21.7 Å². The van der Waals surface area contributed by atoms with Gasteiger partial charge in [0.25, 0.3) is 5.91 Å². The molecule has 1 fully saturated rings. The minimum absolute atomic E-state index is 0.0117. The highest BCUT2D eigenvalue weighted by molar-refractivity contribution is 7.89. The van der Waals surface area contributed by atoms with Crippen molar-refractivity contribution in [2.45, 2.75) is 36.6 Å². The second-order valence-electron chi connectivity index (χ2n) is 7.04. The summed E-state index contributed by atoms with van der Waals surface area (Å²) in [5.74, 6) is -1.15. The average molecular weight is 433 g/mol. The number of carbonyl (C=O) groups excluding carboxylic acids is 2. The van der Waals surface area contributed by atoms with E-state index < -0.39 is 27.3 Å². The largest absolute Gasteiger partial charge is 0.493 e. The van der Waals surface area contributed by atoms with Crippen LogP contribution < -0.4 is 10.2 Å². The van der Waals surface area contributed by atoms with Gasteiger partial charge in [0, 0.05) is 31.8 Å². The summed E-state index contributed by atoms with van der Waals surface area (Å²) in [6, 6.07) is 9.56. The van der Waals surface area contributed by atoms with Crippen LogP contribution in [0.5, 0.6) is 5.75 Å². The standard InChI is InChI=1S/C20H23N3O6S/c1-20(19(25)22-26)18(24)3-2-13-23(20)30(27,28)17-6-4-16(5-7-17)29-14-10-15-8-11-21-12-9-15/h4-9,11-12,26H,2-3,10,13-14H2,1H3,(H,22,25)/t20-/m1/s1. The number of nitrogens with one attached hydrogen (secondary N) is 1. The summed E-state index contributed by atoms with van der Waals surface area (Å²) in [6.07, 6.45) is 4.42. The smallest absolute Gasteiger partial charge is 0.272 e. The van der Waals surface area contributed by atoms with Crippen molar-refractivity contribution in [3.63, 3.8) is 0 Å². The molecule has 0 spiro atoms. The monoisotopic (exact) mass is 433 g/mol. The van der Waals surface area contributed by atoms with Gasteiger partial charge in [-0.3, -0.25) is 19.8 Å². The molecule has 0 radical (unpaired) electrons. The number of rotatable bonds is 7. The van der Waals surface area contributed by atoms with E-state index in [9.17, 15) is 18.0 Å². The third kappa shape index (κ3) is 4.20. The van der Waals surface area contributed by atoms with Crippen molar-refractivity contribution < 1.29 is 28.0 Å². The van der Waals surface area contributed by atoms with E-state index in [4.69, 9.17) is 9.94 Å². The summed E-state index contributed by atoms with van der Waals surface area (Å²) >= 11 is 0. The molecule has 2 heterocycles. The number of benzene rings is 1. The number of nitrogens with zero attached hydrogens (tertiary/aromatic N) is 2. The van der Waals surface area contributed by atoms with Crippen LogP contribution in [0.25, 0.3) is 0 Å². The fraction of sp³-hybridized carbons (Fsp3) is 0.350. The van der Waals surface area contributed by atoms with Crippen LogP contribution in [-0.4, -0.2) is 53.3 Å². The molecule has 2 aromatic rings. The Labute approximate surface area is 174 Å². The molecular weight excluding hydrogens is 410 g/mol. The Kier molecular flexibility index (Phi) is 6.49. The van der Waals surface area contributed by atoms with Crippen LogP contribution >= 0.6 is 0 Å². The average Bonchev–Trinajstić information content (AvgIpc) is 2.76. The van der Waals surface area contributed by atoms with Gasteiger partial charge in [0.05, 0.1) is 11.5 Å². The Morgan fingerprint density at radius 2 is 1.90 bits per heavy atom. The predicted molar refractivity (Wildman–Crippen MR) is 106 cm³/mol. The zero-order chi connectivity index (χ0) is 21.8. The van der Waals surface area contributed by atoms with Gasteiger partial charge in [0.2, 0.25) is 10.0 Å². The van der Waals surface area contributed by atoms with Crippen molar-refractivity contribution in [2.75, 3.05) is 13.2 Å². The Hall–Kier alpha value is -2.82. The summed E-state index contributed by atoms with van der Waals surface area (Å²) in [4.78, 5) is 28.4. The fourth-order valence-electron chi connectivity index (χ4n) is 3.37. The molecule has 30 heavy (non-hydrogen) atoms. The van der Waals surface area contributed by atoms with Crippen molar-refractivity contribution in [1.29, 1.82) is 0 Å². The maximum Gasteiger partial charge on any atom is 0.272 e. The van der Waals surface area contributed by atoms with Crippen molar-refractivity contribution in [3.8, 4) is 5.75 Å². The van der Waals surface area contributed by atoms with Crippen LogP contribution in [0.1, 0.15) is 25.3 Å². The third-order valence-corrected chi connectivity index (χ3v) is 7.17. The molecule has 1 atom stereocenters. The molecule has 1 saturated heterocycles. The van der Waals surface area contributed by atoms with Gasteiger partial charge in [0.1, 0.15) is 5.75 Å². The number of hydrogen-bond acceptors (Lipinski definition) is 7. The van der Waals surface area contributed by atoms with Crippen molar-refractivity contribution in [1.82, 2.24) is 14.8 Å². The SMILES string of the molecule is C[C@]1(C(=O)NO)C(=O)CCCN1S(=O)(=O)c1ccc(OCCc2ccncc2)cc1. The highest BCUT2D eigenvalue weighted by atomic mass is 32.2. The Morgan fingerprint density at radius 1 is 1.23 bits per heavy atom. The molecule has 1 aromatic heterocycles. The molecular formula is C20H23N3O6S.